The second-order valence-electron chi connectivity index (χ2n) is 9.00. The molecule has 0 aliphatic heterocycles. The lowest BCUT2D eigenvalue weighted by Gasteiger charge is -2.08. The highest BCUT2D eigenvalue weighted by atomic mass is 15.3. The Morgan fingerprint density at radius 3 is 1.07 bits per heavy atom. The minimum atomic E-state index is 0.624. The molecule has 0 saturated heterocycles. The molecule has 0 bridgehead atoms. The maximum absolute atomic E-state index is 4.67. The second-order valence-corrected chi connectivity index (χ2v) is 9.00. The number of benzene rings is 5. The number of rotatable bonds is 12. The standard InChI is InChI=1S/C34H30N8/c1-5-16-29(17-6-1)37-35-25-33(41-39-31-20-9-3-10-21-31)27-14-13-15-28(24-27)34(42-40-32-22-11-4-12-23-32)26-36-38-30-18-7-2-8-19-30/h1-26,37-40H/b35-25+,36-26+,41-33+,42-34+. The van der Waals surface area contributed by atoms with Crippen LogP contribution in [0, 0.1) is 0 Å². The third kappa shape index (κ3) is 8.49. The van der Waals surface area contributed by atoms with Crippen molar-refractivity contribution in [2.45, 2.75) is 0 Å². The van der Waals surface area contributed by atoms with Gasteiger partial charge in [0.1, 0.15) is 11.4 Å². The summed E-state index contributed by atoms with van der Waals surface area (Å²) in [6.07, 6.45) is 3.37. The predicted octanol–water partition coefficient (Wildman–Crippen LogP) is 7.51. The van der Waals surface area contributed by atoms with Crippen LogP contribution >= 0.6 is 0 Å². The Morgan fingerprint density at radius 1 is 0.381 bits per heavy atom. The zero-order valence-corrected chi connectivity index (χ0v) is 22.8. The van der Waals surface area contributed by atoms with Crippen molar-refractivity contribution in [1.82, 2.24) is 0 Å². The molecule has 8 nitrogen and oxygen atoms in total. The van der Waals surface area contributed by atoms with E-state index in [4.69, 9.17) is 0 Å². The molecule has 0 unspecified atom stereocenters. The van der Waals surface area contributed by atoms with Gasteiger partial charge < -0.3 is 0 Å². The Bertz CT molecular complexity index is 1530. The van der Waals surface area contributed by atoms with E-state index in [2.05, 4.69) is 42.1 Å². The molecule has 42 heavy (non-hydrogen) atoms. The summed E-state index contributed by atoms with van der Waals surface area (Å²) in [5.74, 6) is 0. The van der Waals surface area contributed by atoms with Gasteiger partial charge >= 0.3 is 0 Å². The quantitative estimate of drug-likeness (QED) is 0.0954. The molecule has 8 heteroatoms. The van der Waals surface area contributed by atoms with Gasteiger partial charge in [-0.15, -0.1) is 0 Å². The van der Waals surface area contributed by atoms with Gasteiger partial charge in [-0.1, -0.05) is 91.0 Å². The van der Waals surface area contributed by atoms with Crippen LogP contribution in [0.5, 0.6) is 0 Å². The molecule has 0 spiro atoms. The molecule has 0 atom stereocenters. The summed E-state index contributed by atoms with van der Waals surface area (Å²) >= 11 is 0. The Hall–Kier alpha value is -6.02. The molecule has 0 radical (unpaired) electrons. The van der Waals surface area contributed by atoms with E-state index in [1.54, 1.807) is 12.4 Å². The van der Waals surface area contributed by atoms with Gasteiger partial charge in [0.2, 0.25) is 0 Å². The first-order valence-corrected chi connectivity index (χ1v) is 13.4. The zero-order chi connectivity index (χ0) is 28.7. The molecule has 0 heterocycles. The molecule has 206 valence electrons. The average molecular weight is 551 g/mol. The Labute approximate surface area is 245 Å². The molecule has 0 saturated carbocycles. The lowest BCUT2D eigenvalue weighted by atomic mass is 10.0. The smallest absolute Gasteiger partial charge is 0.111 e. The van der Waals surface area contributed by atoms with E-state index in [1.807, 2.05) is 146 Å². The summed E-state index contributed by atoms with van der Waals surface area (Å²) < 4.78 is 0. The molecular weight excluding hydrogens is 520 g/mol. The van der Waals surface area contributed by atoms with Crippen LogP contribution in [0.4, 0.5) is 22.7 Å². The van der Waals surface area contributed by atoms with Gasteiger partial charge in [-0.05, 0) is 54.6 Å². The van der Waals surface area contributed by atoms with Crippen LogP contribution in [-0.4, -0.2) is 23.9 Å². The number of hydrogen-bond acceptors (Lipinski definition) is 8. The predicted molar refractivity (Wildman–Crippen MR) is 177 cm³/mol. The number of nitrogens with one attached hydrogen (secondary N) is 4. The van der Waals surface area contributed by atoms with Crippen LogP contribution < -0.4 is 21.7 Å². The highest BCUT2D eigenvalue weighted by Gasteiger charge is 2.08. The minimum Gasteiger partial charge on any atom is -0.278 e. The number of para-hydroxylation sites is 4. The summed E-state index contributed by atoms with van der Waals surface area (Å²) in [5.41, 5.74) is 18.8. The Balaban J connectivity index is 1.44. The highest BCUT2D eigenvalue weighted by Crippen LogP contribution is 2.12. The van der Waals surface area contributed by atoms with Crippen LogP contribution in [0.1, 0.15) is 11.1 Å². The van der Waals surface area contributed by atoms with E-state index in [-0.39, 0.29) is 0 Å². The number of nitrogens with zero attached hydrogens (tertiary/aromatic N) is 4. The summed E-state index contributed by atoms with van der Waals surface area (Å²) in [4.78, 5) is 0. The summed E-state index contributed by atoms with van der Waals surface area (Å²) in [6, 6.07) is 47.0. The Kier molecular flexibility index (Phi) is 9.80. The lowest BCUT2D eigenvalue weighted by Crippen LogP contribution is -2.11. The molecule has 0 amide bonds. The van der Waals surface area contributed by atoms with Crippen molar-refractivity contribution in [3.8, 4) is 0 Å². The van der Waals surface area contributed by atoms with Crippen LogP contribution in [-0.2, 0) is 0 Å². The minimum absolute atomic E-state index is 0.624. The largest absolute Gasteiger partial charge is 0.278 e. The van der Waals surface area contributed by atoms with E-state index < -0.39 is 0 Å². The summed E-state index contributed by atoms with van der Waals surface area (Å²) in [6.45, 7) is 0. The topological polar surface area (TPSA) is 97.6 Å². The van der Waals surface area contributed by atoms with Gasteiger partial charge in [-0.2, -0.15) is 20.4 Å². The first kappa shape index (κ1) is 27.5. The molecule has 0 fully saturated rings. The third-order valence-corrected chi connectivity index (χ3v) is 5.92. The molecular formula is C34H30N8. The lowest BCUT2D eigenvalue weighted by molar-refractivity contribution is 1.32. The number of anilines is 4. The summed E-state index contributed by atoms with van der Waals surface area (Å²) in [5, 5.41) is 18.2. The van der Waals surface area contributed by atoms with Crippen molar-refractivity contribution in [3.63, 3.8) is 0 Å². The normalized spacial score (nSPS) is 11.9. The molecule has 4 N–H and O–H groups in total. The highest BCUT2D eigenvalue weighted by molar-refractivity contribution is 6.41. The van der Waals surface area contributed by atoms with Gasteiger partial charge in [0, 0.05) is 11.1 Å². The summed E-state index contributed by atoms with van der Waals surface area (Å²) in [7, 11) is 0. The van der Waals surface area contributed by atoms with Crippen molar-refractivity contribution in [1.29, 1.82) is 0 Å². The van der Waals surface area contributed by atoms with Crippen LogP contribution in [0.25, 0.3) is 0 Å². The Morgan fingerprint density at radius 2 is 0.714 bits per heavy atom. The first-order chi connectivity index (χ1) is 20.8. The third-order valence-electron chi connectivity index (χ3n) is 5.92. The van der Waals surface area contributed by atoms with E-state index >= 15 is 0 Å². The van der Waals surface area contributed by atoms with E-state index in [1.165, 1.54) is 0 Å². The maximum Gasteiger partial charge on any atom is 0.111 e. The van der Waals surface area contributed by atoms with Gasteiger partial charge in [0.25, 0.3) is 0 Å². The fourth-order valence-corrected chi connectivity index (χ4v) is 3.81. The van der Waals surface area contributed by atoms with Crippen molar-refractivity contribution in [2.24, 2.45) is 20.4 Å². The molecule has 0 aliphatic rings. The molecule has 5 rings (SSSR count). The second kappa shape index (κ2) is 14.9. The monoisotopic (exact) mass is 550 g/mol. The van der Waals surface area contributed by atoms with Crippen LogP contribution in [0.3, 0.4) is 0 Å². The number of hydrazone groups is 4. The number of hydrogen-bond donors (Lipinski definition) is 4. The fraction of sp³-hybridized carbons (Fsp3) is 0. The maximum atomic E-state index is 4.67. The van der Waals surface area contributed by atoms with E-state index in [0.717, 1.165) is 33.9 Å². The van der Waals surface area contributed by atoms with E-state index in [9.17, 15) is 0 Å². The molecule has 0 aromatic heterocycles. The van der Waals surface area contributed by atoms with Crippen molar-refractivity contribution >= 4 is 46.6 Å². The van der Waals surface area contributed by atoms with Gasteiger partial charge in [0.15, 0.2) is 0 Å². The van der Waals surface area contributed by atoms with Gasteiger partial charge in [0.05, 0.1) is 35.2 Å². The SMILES string of the molecule is C(=N\Nc1ccccc1)/C(=N\Nc1ccccc1)c1cccc(C(/C=N/Nc2ccccc2)=N/Nc2ccccc2)c1. The van der Waals surface area contributed by atoms with Gasteiger partial charge in [-0.3, -0.25) is 21.7 Å². The van der Waals surface area contributed by atoms with Crippen LogP contribution in [0.15, 0.2) is 166 Å². The zero-order valence-electron chi connectivity index (χ0n) is 22.8. The average Bonchev–Trinajstić information content (AvgIpc) is 3.06. The molecule has 5 aromatic carbocycles. The van der Waals surface area contributed by atoms with Crippen LogP contribution in [0.2, 0.25) is 0 Å². The van der Waals surface area contributed by atoms with Gasteiger partial charge in [-0.25, -0.2) is 0 Å². The van der Waals surface area contributed by atoms with Crippen molar-refractivity contribution < 1.29 is 0 Å². The fourth-order valence-electron chi connectivity index (χ4n) is 3.81. The van der Waals surface area contributed by atoms with Crippen molar-refractivity contribution in [3.05, 3.63) is 157 Å². The van der Waals surface area contributed by atoms with E-state index in [0.29, 0.717) is 11.4 Å². The first-order valence-electron chi connectivity index (χ1n) is 13.4. The molecule has 5 aromatic rings. The van der Waals surface area contributed by atoms with Crippen molar-refractivity contribution in [2.75, 3.05) is 21.7 Å². The molecule has 0 aliphatic carbocycles.